The Hall–Kier alpha value is -1.54. The molecule has 0 aliphatic carbocycles. The van der Waals surface area contributed by atoms with Crippen LogP contribution in [0.1, 0.15) is 18.2 Å². The lowest BCUT2D eigenvalue weighted by atomic mass is 10.2. The second-order valence-electron chi connectivity index (χ2n) is 4.68. The summed E-state index contributed by atoms with van der Waals surface area (Å²) in [7, 11) is 0.235. The SMILES string of the molecule is C/C(=N\O[Si](C)(C)C)c1c(C#N)ccn1C. The highest BCUT2D eigenvalue weighted by molar-refractivity contribution is 6.69. The summed E-state index contributed by atoms with van der Waals surface area (Å²) in [6.07, 6.45) is 1.85. The largest absolute Gasteiger partial charge is 0.455 e. The van der Waals surface area contributed by atoms with Gasteiger partial charge < -0.3 is 9.09 Å². The van der Waals surface area contributed by atoms with Crippen molar-refractivity contribution in [2.45, 2.75) is 26.6 Å². The summed E-state index contributed by atoms with van der Waals surface area (Å²) >= 11 is 0. The summed E-state index contributed by atoms with van der Waals surface area (Å²) < 4.78 is 7.35. The minimum Gasteiger partial charge on any atom is -0.455 e. The standard InChI is InChI=1S/C11H17N3OSi/c1-9(13-15-16(3,4)5)11-10(8-12)6-7-14(11)2/h6-7H,1-5H3/b13-9+. The first-order valence-corrected chi connectivity index (χ1v) is 8.54. The number of oxime groups is 1. The maximum Gasteiger partial charge on any atom is 0.278 e. The van der Waals surface area contributed by atoms with Gasteiger partial charge in [0.2, 0.25) is 0 Å². The van der Waals surface area contributed by atoms with Gasteiger partial charge in [-0.3, -0.25) is 0 Å². The highest BCUT2D eigenvalue weighted by atomic mass is 28.4. The molecule has 0 amide bonds. The first kappa shape index (κ1) is 12.5. The smallest absolute Gasteiger partial charge is 0.278 e. The van der Waals surface area contributed by atoms with Crippen molar-refractivity contribution < 1.29 is 4.53 Å². The fourth-order valence-electron chi connectivity index (χ4n) is 1.32. The number of aromatic nitrogens is 1. The van der Waals surface area contributed by atoms with E-state index in [4.69, 9.17) is 9.79 Å². The van der Waals surface area contributed by atoms with Gasteiger partial charge in [0.1, 0.15) is 11.8 Å². The van der Waals surface area contributed by atoms with Crippen LogP contribution in [0.5, 0.6) is 0 Å². The van der Waals surface area contributed by atoms with Crippen molar-refractivity contribution in [2.24, 2.45) is 12.2 Å². The van der Waals surface area contributed by atoms with E-state index < -0.39 is 8.32 Å². The summed E-state index contributed by atoms with van der Waals surface area (Å²) in [5.41, 5.74) is 2.19. The number of nitrogens with zero attached hydrogens (tertiary/aromatic N) is 3. The van der Waals surface area contributed by atoms with Crippen molar-refractivity contribution >= 4 is 14.0 Å². The molecule has 1 aromatic heterocycles. The molecule has 86 valence electrons. The Morgan fingerprint density at radius 3 is 2.62 bits per heavy atom. The molecule has 0 fully saturated rings. The van der Waals surface area contributed by atoms with Crippen LogP contribution in [0.2, 0.25) is 19.6 Å². The van der Waals surface area contributed by atoms with Crippen LogP contribution in [0, 0.1) is 11.3 Å². The van der Waals surface area contributed by atoms with E-state index in [0.717, 1.165) is 11.4 Å². The van der Waals surface area contributed by atoms with Crippen molar-refractivity contribution in [3.05, 3.63) is 23.5 Å². The quantitative estimate of drug-likeness (QED) is 0.459. The molecule has 4 nitrogen and oxygen atoms in total. The lowest BCUT2D eigenvalue weighted by molar-refractivity contribution is 0.335. The fourth-order valence-corrected chi connectivity index (χ4v) is 1.73. The fraction of sp³-hybridized carbons (Fsp3) is 0.455. The third-order valence-corrected chi connectivity index (χ3v) is 2.63. The van der Waals surface area contributed by atoms with Gasteiger partial charge >= 0.3 is 0 Å². The molecule has 0 atom stereocenters. The van der Waals surface area contributed by atoms with Crippen molar-refractivity contribution in [3.8, 4) is 6.07 Å². The lowest BCUT2D eigenvalue weighted by Gasteiger charge is -2.14. The molecule has 0 saturated carbocycles. The van der Waals surface area contributed by atoms with Crippen LogP contribution in [0.4, 0.5) is 0 Å². The van der Waals surface area contributed by atoms with Crippen LogP contribution in [0.25, 0.3) is 0 Å². The van der Waals surface area contributed by atoms with Gasteiger partial charge in [0.15, 0.2) is 0 Å². The molecule has 1 heterocycles. The monoisotopic (exact) mass is 235 g/mol. The van der Waals surface area contributed by atoms with E-state index in [9.17, 15) is 0 Å². The third-order valence-electron chi connectivity index (χ3n) is 1.99. The highest BCUT2D eigenvalue weighted by Crippen LogP contribution is 2.11. The minimum absolute atomic E-state index is 0.628. The second kappa shape index (κ2) is 4.54. The van der Waals surface area contributed by atoms with Crippen LogP contribution in [0.15, 0.2) is 17.4 Å². The van der Waals surface area contributed by atoms with E-state index in [1.807, 2.05) is 24.7 Å². The first-order valence-electron chi connectivity index (χ1n) is 5.13. The summed E-state index contributed by atoms with van der Waals surface area (Å²) in [5.74, 6) is 0. The van der Waals surface area contributed by atoms with E-state index in [0.29, 0.717) is 5.56 Å². The van der Waals surface area contributed by atoms with Crippen molar-refractivity contribution in [2.75, 3.05) is 0 Å². The average Bonchev–Trinajstić information content (AvgIpc) is 2.55. The van der Waals surface area contributed by atoms with Gasteiger partial charge in [-0.1, -0.05) is 0 Å². The number of rotatable bonds is 3. The molecule has 0 spiro atoms. The zero-order chi connectivity index (χ0) is 12.3. The molecule has 0 aromatic carbocycles. The number of aryl methyl sites for hydroxylation is 1. The van der Waals surface area contributed by atoms with Crippen LogP contribution in [-0.2, 0) is 11.6 Å². The lowest BCUT2D eigenvalue weighted by Crippen LogP contribution is -2.23. The third kappa shape index (κ3) is 2.97. The Bertz CT molecular complexity index is 449. The van der Waals surface area contributed by atoms with Gasteiger partial charge in [0.25, 0.3) is 8.32 Å². The number of nitriles is 1. The summed E-state index contributed by atoms with van der Waals surface area (Å²) in [6.45, 7) is 8.07. The van der Waals surface area contributed by atoms with Crippen LogP contribution in [-0.4, -0.2) is 18.6 Å². The van der Waals surface area contributed by atoms with E-state index in [-0.39, 0.29) is 0 Å². The van der Waals surface area contributed by atoms with Gasteiger partial charge in [0.05, 0.1) is 11.3 Å². The predicted octanol–water partition coefficient (Wildman–Crippen LogP) is 2.47. The Kier molecular flexibility index (Phi) is 3.55. The second-order valence-corrected chi connectivity index (χ2v) is 9.09. The summed E-state index contributed by atoms with van der Waals surface area (Å²) in [4.78, 5) is 0. The first-order chi connectivity index (χ1) is 7.35. The molecule has 1 rings (SSSR count). The van der Waals surface area contributed by atoms with Crippen LogP contribution < -0.4 is 0 Å². The number of hydrogen-bond donors (Lipinski definition) is 0. The maximum absolute atomic E-state index is 8.96. The van der Waals surface area contributed by atoms with E-state index in [1.165, 1.54) is 0 Å². The molecule has 0 radical (unpaired) electrons. The van der Waals surface area contributed by atoms with Gasteiger partial charge in [-0.15, -0.1) is 5.16 Å². The Balaban J connectivity index is 3.01. The highest BCUT2D eigenvalue weighted by Gasteiger charge is 2.17. The Labute approximate surface area is 97.3 Å². The topological polar surface area (TPSA) is 50.3 Å². The van der Waals surface area contributed by atoms with Crippen molar-refractivity contribution in [1.29, 1.82) is 5.26 Å². The van der Waals surface area contributed by atoms with Crippen LogP contribution >= 0.6 is 0 Å². The van der Waals surface area contributed by atoms with Crippen LogP contribution in [0.3, 0.4) is 0 Å². The molecule has 5 heteroatoms. The average molecular weight is 235 g/mol. The van der Waals surface area contributed by atoms with Gasteiger partial charge in [-0.25, -0.2) is 0 Å². The minimum atomic E-state index is -1.66. The van der Waals surface area contributed by atoms with Gasteiger partial charge in [0, 0.05) is 13.2 Å². The molecule has 16 heavy (non-hydrogen) atoms. The molecule has 0 aliphatic heterocycles. The van der Waals surface area contributed by atoms with E-state index >= 15 is 0 Å². The van der Waals surface area contributed by atoms with Gasteiger partial charge in [-0.05, 0) is 32.6 Å². The molecule has 0 N–H and O–H groups in total. The van der Waals surface area contributed by atoms with Gasteiger partial charge in [-0.2, -0.15) is 5.26 Å². The number of hydrogen-bond acceptors (Lipinski definition) is 3. The maximum atomic E-state index is 8.96. The zero-order valence-corrected chi connectivity index (χ0v) is 11.4. The summed E-state index contributed by atoms with van der Waals surface area (Å²) in [5, 5.41) is 13.1. The zero-order valence-electron chi connectivity index (χ0n) is 10.4. The predicted molar refractivity (Wildman–Crippen MR) is 66.8 cm³/mol. The molecule has 0 unspecified atom stereocenters. The van der Waals surface area contributed by atoms with Crippen molar-refractivity contribution in [3.63, 3.8) is 0 Å². The van der Waals surface area contributed by atoms with Crippen molar-refractivity contribution in [1.82, 2.24) is 4.57 Å². The molecule has 0 bridgehead atoms. The molecular weight excluding hydrogens is 218 g/mol. The molecule has 1 aromatic rings. The van der Waals surface area contributed by atoms with E-state index in [2.05, 4.69) is 30.9 Å². The molecule has 0 aliphatic rings. The molecule has 0 saturated heterocycles. The molecular formula is C11H17N3OSi. The summed E-state index contributed by atoms with van der Waals surface area (Å²) in [6, 6.07) is 3.93. The normalized spacial score (nSPS) is 12.4. The van der Waals surface area contributed by atoms with E-state index in [1.54, 1.807) is 6.07 Å². The Morgan fingerprint density at radius 2 is 2.12 bits per heavy atom. The Morgan fingerprint density at radius 1 is 1.50 bits per heavy atom.